The molecule has 1 aromatic rings. The van der Waals surface area contributed by atoms with Crippen LogP contribution in [0.3, 0.4) is 0 Å². The molecule has 0 bridgehead atoms. The molecule has 1 aromatic carbocycles. The van der Waals surface area contributed by atoms with Crippen LogP contribution in [0.2, 0.25) is 0 Å². The Morgan fingerprint density at radius 1 is 1.32 bits per heavy atom. The van der Waals surface area contributed by atoms with E-state index in [1.54, 1.807) is 6.92 Å². The predicted molar refractivity (Wildman–Crippen MR) is 103 cm³/mol. The van der Waals surface area contributed by atoms with Gasteiger partial charge in [-0.25, -0.2) is 4.79 Å². The van der Waals surface area contributed by atoms with E-state index in [1.807, 2.05) is 4.90 Å². The third kappa shape index (κ3) is 5.89. The normalized spacial score (nSPS) is 16.4. The summed E-state index contributed by atoms with van der Waals surface area (Å²) in [4.78, 5) is 14.2. The van der Waals surface area contributed by atoms with Crippen LogP contribution in [-0.2, 0) is 6.42 Å². The number of carbonyl (C=O) groups excluding carboxylic acids is 1. The Bertz CT molecular complexity index is 603. The summed E-state index contributed by atoms with van der Waals surface area (Å²) >= 11 is 0. The van der Waals surface area contributed by atoms with Crippen molar-refractivity contribution in [3.63, 3.8) is 0 Å². The molecule has 25 heavy (non-hydrogen) atoms. The van der Waals surface area contributed by atoms with Crippen LogP contribution in [0.15, 0.2) is 30.3 Å². The fourth-order valence-electron chi connectivity index (χ4n) is 3.37. The molecule has 4 heteroatoms. The minimum atomic E-state index is -0.355. The molecule has 0 radical (unpaired) electrons. The van der Waals surface area contributed by atoms with E-state index < -0.39 is 0 Å². The van der Waals surface area contributed by atoms with E-state index in [9.17, 15) is 9.90 Å². The minimum Gasteiger partial charge on any atom is -0.393 e. The highest BCUT2D eigenvalue weighted by Crippen LogP contribution is 2.24. The van der Waals surface area contributed by atoms with Crippen molar-refractivity contribution in [3.05, 3.63) is 41.5 Å². The SMILES string of the molecule is CCc1ccc(C2=CCN(C(=O)NCC(C)(C)CC(C)O)CC2)cc1. The standard InChI is InChI=1S/C21H32N2O2/c1-5-17-6-8-18(9-7-17)19-10-12-23(13-11-19)20(25)22-15-21(3,4)14-16(2)24/h6-10,16,24H,5,11-15H2,1-4H3,(H,22,25). The fourth-order valence-corrected chi connectivity index (χ4v) is 3.37. The number of nitrogens with one attached hydrogen (secondary N) is 1. The van der Waals surface area contributed by atoms with E-state index in [4.69, 9.17) is 0 Å². The van der Waals surface area contributed by atoms with Gasteiger partial charge < -0.3 is 15.3 Å². The molecule has 0 fully saturated rings. The molecule has 0 aromatic heterocycles. The Kier molecular flexibility index (Phi) is 6.65. The first-order valence-electron chi connectivity index (χ1n) is 9.30. The van der Waals surface area contributed by atoms with E-state index in [1.165, 1.54) is 16.7 Å². The third-order valence-corrected chi connectivity index (χ3v) is 4.80. The number of urea groups is 1. The van der Waals surface area contributed by atoms with Gasteiger partial charge in [-0.3, -0.25) is 0 Å². The Balaban J connectivity index is 1.87. The molecule has 1 atom stereocenters. The van der Waals surface area contributed by atoms with Crippen LogP contribution in [0.25, 0.3) is 5.57 Å². The summed E-state index contributed by atoms with van der Waals surface area (Å²) in [6.45, 7) is 10.0. The van der Waals surface area contributed by atoms with Gasteiger partial charge in [0.25, 0.3) is 0 Å². The molecule has 1 aliphatic rings. The average Bonchev–Trinajstić information content (AvgIpc) is 2.59. The lowest BCUT2D eigenvalue weighted by atomic mass is 9.87. The number of rotatable bonds is 6. The molecule has 4 nitrogen and oxygen atoms in total. The van der Waals surface area contributed by atoms with Crippen LogP contribution < -0.4 is 5.32 Å². The monoisotopic (exact) mass is 344 g/mol. The van der Waals surface area contributed by atoms with Crippen molar-refractivity contribution in [2.75, 3.05) is 19.6 Å². The van der Waals surface area contributed by atoms with Crippen molar-refractivity contribution in [1.82, 2.24) is 10.2 Å². The Morgan fingerprint density at radius 3 is 2.52 bits per heavy atom. The summed E-state index contributed by atoms with van der Waals surface area (Å²) in [5.74, 6) is 0. The van der Waals surface area contributed by atoms with Gasteiger partial charge in [0.2, 0.25) is 0 Å². The number of aliphatic hydroxyl groups is 1. The smallest absolute Gasteiger partial charge is 0.317 e. The summed E-state index contributed by atoms with van der Waals surface area (Å²) in [5, 5.41) is 12.6. The zero-order valence-corrected chi connectivity index (χ0v) is 16.0. The number of hydrogen-bond donors (Lipinski definition) is 2. The summed E-state index contributed by atoms with van der Waals surface area (Å²) in [6.07, 6.45) is 4.41. The minimum absolute atomic E-state index is 0.0182. The van der Waals surface area contributed by atoms with Gasteiger partial charge in [-0.1, -0.05) is 51.1 Å². The van der Waals surface area contributed by atoms with E-state index >= 15 is 0 Å². The first-order chi connectivity index (χ1) is 11.8. The van der Waals surface area contributed by atoms with Gasteiger partial charge in [-0.15, -0.1) is 0 Å². The summed E-state index contributed by atoms with van der Waals surface area (Å²) < 4.78 is 0. The van der Waals surface area contributed by atoms with E-state index in [2.05, 4.69) is 56.4 Å². The van der Waals surface area contributed by atoms with Gasteiger partial charge in [-0.2, -0.15) is 0 Å². The Morgan fingerprint density at radius 2 is 2.00 bits per heavy atom. The highest BCUT2D eigenvalue weighted by Gasteiger charge is 2.23. The molecular formula is C21H32N2O2. The molecule has 138 valence electrons. The molecule has 2 rings (SSSR count). The van der Waals surface area contributed by atoms with Crippen molar-refractivity contribution in [2.45, 2.75) is 53.1 Å². The van der Waals surface area contributed by atoms with Gasteiger partial charge in [0.1, 0.15) is 0 Å². The highest BCUT2D eigenvalue weighted by atomic mass is 16.3. The second-order valence-electron chi connectivity index (χ2n) is 7.85. The number of nitrogens with zero attached hydrogens (tertiary/aromatic N) is 1. The lowest BCUT2D eigenvalue weighted by molar-refractivity contribution is 0.127. The summed E-state index contributed by atoms with van der Waals surface area (Å²) in [5.41, 5.74) is 3.82. The van der Waals surface area contributed by atoms with Crippen LogP contribution in [0.4, 0.5) is 4.79 Å². The van der Waals surface area contributed by atoms with Gasteiger partial charge in [-0.05, 0) is 48.3 Å². The van der Waals surface area contributed by atoms with E-state index in [0.717, 1.165) is 19.4 Å². The van der Waals surface area contributed by atoms with Crippen LogP contribution in [-0.4, -0.2) is 41.8 Å². The quantitative estimate of drug-likeness (QED) is 0.824. The van der Waals surface area contributed by atoms with Crippen molar-refractivity contribution >= 4 is 11.6 Å². The maximum Gasteiger partial charge on any atom is 0.317 e. The summed E-state index contributed by atoms with van der Waals surface area (Å²) in [6, 6.07) is 8.70. The Labute approximate surface area is 151 Å². The molecule has 2 N–H and O–H groups in total. The lowest BCUT2D eigenvalue weighted by Gasteiger charge is -2.30. The van der Waals surface area contributed by atoms with Crippen LogP contribution in [0.1, 0.15) is 51.7 Å². The number of amides is 2. The largest absolute Gasteiger partial charge is 0.393 e. The number of benzene rings is 1. The number of carbonyl (C=O) groups is 1. The van der Waals surface area contributed by atoms with Crippen molar-refractivity contribution in [2.24, 2.45) is 5.41 Å². The van der Waals surface area contributed by atoms with Crippen molar-refractivity contribution < 1.29 is 9.90 Å². The number of hydrogen-bond acceptors (Lipinski definition) is 2. The molecular weight excluding hydrogens is 312 g/mol. The molecule has 0 saturated carbocycles. The lowest BCUT2D eigenvalue weighted by Crippen LogP contribution is -2.45. The second kappa shape index (κ2) is 8.52. The first kappa shape index (κ1) is 19.5. The first-order valence-corrected chi connectivity index (χ1v) is 9.30. The zero-order chi connectivity index (χ0) is 18.4. The van der Waals surface area contributed by atoms with Crippen molar-refractivity contribution in [1.29, 1.82) is 0 Å². The molecule has 0 spiro atoms. The highest BCUT2D eigenvalue weighted by molar-refractivity contribution is 5.76. The summed E-state index contributed by atoms with van der Waals surface area (Å²) in [7, 11) is 0. The fraction of sp³-hybridized carbons (Fsp3) is 0.571. The topological polar surface area (TPSA) is 52.6 Å². The van der Waals surface area contributed by atoms with Crippen molar-refractivity contribution in [3.8, 4) is 0 Å². The molecule has 1 aliphatic heterocycles. The van der Waals surface area contributed by atoms with Gasteiger partial charge in [0.05, 0.1) is 6.10 Å². The third-order valence-electron chi connectivity index (χ3n) is 4.80. The molecule has 2 amide bonds. The molecule has 1 unspecified atom stereocenters. The maximum absolute atomic E-state index is 12.4. The zero-order valence-electron chi connectivity index (χ0n) is 16.0. The maximum atomic E-state index is 12.4. The molecule has 0 saturated heterocycles. The average molecular weight is 344 g/mol. The predicted octanol–water partition coefficient (Wildman–Crippen LogP) is 3.84. The molecule has 0 aliphatic carbocycles. The van der Waals surface area contributed by atoms with Gasteiger partial charge in [0, 0.05) is 19.6 Å². The number of aliphatic hydroxyl groups excluding tert-OH is 1. The van der Waals surface area contributed by atoms with Crippen LogP contribution in [0.5, 0.6) is 0 Å². The second-order valence-corrected chi connectivity index (χ2v) is 7.85. The van der Waals surface area contributed by atoms with Gasteiger partial charge in [0.15, 0.2) is 0 Å². The van der Waals surface area contributed by atoms with E-state index in [0.29, 0.717) is 19.5 Å². The van der Waals surface area contributed by atoms with E-state index in [-0.39, 0.29) is 17.6 Å². The van der Waals surface area contributed by atoms with Crippen LogP contribution >= 0.6 is 0 Å². The Hall–Kier alpha value is -1.81. The number of aryl methyl sites for hydroxylation is 1. The van der Waals surface area contributed by atoms with Crippen LogP contribution in [0, 0.1) is 5.41 Å². The van der Waals surface area contributed by atoms with Gasteiger partial charge >= 0.3 is 6.03 Å². The molecule has 1 heterocycles.